The highest BCUT2D eigenvalue weighted by Crippen LogP contribution is 2.16. The minimum atomic E-state index is 0.322. The van der Waals surface area contributed by atoms with E-state index in [9.17, 15) is 0 Å². The predicted molar refractivity (Wildman–Crippen MR) is 75.1 cm³/mol. The van der Waals surface area contributed by atoms with Gasteiger partial charge in [-0.2, -0.15) is 5.26 Å². The number of hydrogen-bond acceptors (Lipinski definition) is 6. The highest BCUT2D eigenvalue weighted by atomic mass is 15.2. The number of likely N-dealkylation sites (N-methyl/N-ethyl adjacent to an activating group) is 1. The quantitative estimate of drug-likeness (QED) is 0.813. The molecule has 0 bridgehead atoms. The molecule has 0 amide bonds. The molecule has 102 valence electrons. The normalized spacial score (nSPS) is 19.7. The number of nitrogens with zero attached hydrogens (tertiary/aromatic N) is 5. The highest BCUT2D eigenvalue weighted by Gasteiger charge is 2.17. The Labute approximate surface area is 114 Å². The molecule has 2 rings (SSSR count). The van der Waals surface area contributed by atoms with Crippen LogP contribution < -0.4 is 10.2 Å². The van der Waals surface area contributed by atoms with Gasteiger partial charge in [-0.1, -0.05) is 0 Å². The molecule has 0 aliphatic carbocycles. The monoisotopic (exact) mass is 260 g/mol. The molecule has 0 saturated carbocycles. The largest absolute Gasteiger partial charge is 0.366 e. The van der Waals surface area contributed by atoms with E-state index in [-0.39, 0.29) is 0 Å². The molecule has 1 unspecified atom stereocenters. The zero-order valence-electron chi connectivity index (χ0n) is 11.5. The SMILES string of the molecule is CN1CCCC(Nc2cc(N(C)CC#N)ncn2)C1. The maximum atomic E-state index is 8.70. The smallest absolute Gasteiger partial charge is 0.134 e. The van der Waals surface area contributed by atoms with Gasteiger partial charge in [0.15, 0.2) is 0 Å². The Balaban J connectivity index is 2.00. The third kappa shape index (κ3) is 3.80. The number of nitrogens with one attached hydrogen (secondary N) is 1. The molecule has 0 spiro atoms. The van der Waals surface area contributed by atoms with Gasteiger partial charge in [-0.25, -0.2) is 9.97 Å². The van der Waals surface area contributed by atoms with Crippen LogP contribution in [0.3, 0.4) is 0 Å². The Morgan fingerprint density at radius 1 is 1.58 bits per heavy atom. The third-order valence-electron chi connectivity index (χ3n) is 3.33. The van der Waals surface area contributed by atoms with E-state index in [0.29, 0.717) is 12.6 Å². The van der Waals surface area contributed by atoms with E-state index in [1.165, 1.54) is 12.7 Å². The van der Waals surface area contributed by atoms with Crippen LogP contribution in [-0.2, 0) is 0 Å². The van der Waals surface area contributed by atoms with Crippen LogP contribution in [-0.4, -0.2) is 54.6 Å². The second-order valence-electron chi connectivity index (χ2n) is 5.02. The maximum absolute atomic E-state index is 8.70. The molecule has 1 fully saturated rings. The molecule has 1 atom stereocenters. The summed E-state index contributed by atoms with van der Waals surface area (Å²) in [4.78, 5) is 12.6. The lowest BCUT2D eigenvalue weighted by Crippen LogP contribution is -2.39. The van der Waals surface area contributed by atoms with E-state index in [2.05, 4.69) is 33.3 Å². The lowest BCUT2D eigenvalue weighted by Gasteiger charge is -2.30. The van der Waals surface area contributed by atoms with Crippen LogP contribution in [0.2, 0.25) is 0 Å². The summed E-state index contributed by atoms with van der Waals surface area (Å²) in [6, 6.07) is 4.44. The van der Waals surface area contributed by atoms with Crippen LogP contribution in [0.4, 0.5) is 11.6 Å². The van der Waals surface area contributed by atoms with Gasteiger partial charge in [-0.15, -0.1) is 0 Å². The Bertz CT molecular complexity index is 455. The van der Waals surface area contributed by atoms with E-state index in [4.69, 9.17) is 5.26 Å². The summed E-state index contributed by atoms with van der Waals surface area (Å²) in [5.74, 6) is 1.60. The zero-order chi connectivity index (χ0) is 13.7. The Morgan fingerprint density at radius 3 is 3.16 bits per heavy atom. The van der Waals surface area contributed by atoms with E-state index in [1.54, 1.807) is 4.90 Å². The summed E-state index contributed by atoms with van der Waals surface area (Å²) in [5, 5.41) is 12.1. The first-order valence-corrected chi connectivity index (χ1v) is 6.54. The van der Waals surface area contributed by atoms with Crippen molar-refractivity contribution in [3.05, 3.63) is 12.4 Å². The minimum Gasteiger partial charge on any atom is -0.366 e. The van der Waals surface area contributed by atoms with Gasteiger partial charge in [-0.05, 0) is 26.4 Å². The second kappa shape index (κ2) is 6.34. The van der Waals surface area contributed by atoms with Crippen molar-refractivity contribution >= 4 is 11.6 Å². The first-order chi connectivity index (χ1) is 9.19. The average Bonchev–Trinajstić information content (AvgIpc) is 2.39. The molecule has 1 aliphatic rings. The molecule has 6 nitrogen and oxygen atoms in total. The van der Waals surface area contributed by atoms with Gasteiger partial charge in [0.05, 0.1) is 6.07 Å². The molecular weight excluding hydrogens is 240 g/mol. The van der Waals surface area contributed by atoms with E-state index < -0.39 is 0 Å². The van der Waals surface area contributed by atoms with Gasteiger partial charge in [0, 0.05) is 25.7 Å². The van der Waals surface area contributed by atoms with E-state index in [1.807, 2.05) is 13.1 Å². The van der Waals surface area contributed by atoms with E-state index in [0.717, 1.165) is 31.1 Å². The first-order valence-electron chi connectivity index (χ1n) is 6.54. The standard InChI is InChI=1S/C13H20N6/c1-18-6-3-4-11(9-18)17-12-8-13(16-10-15-12)19(2)7-5-14/h8,10-11H,3-4,6-7,9H2,1-2H3,(H,15,16,17). The van der Waals surface area contributed by atoms with Crippen LogP contribution in [0.25, 0.3) is 0 Å². The van der Waals surface area contributed by atoms with Crippen LogP contribution in [0.1, 0.15) is 12.8 Å². The summed E-state index contributed by atoms with van der Waals surface area (Å²) in [7, 11) is 3.99. The Kier molecular flexibility index (Phi) is 4.53. The molecule has 1 aliphatic heterocycles. The maximum Gasteiger partial charge on any atom is 0.134 e. The molecule has 1 aromatic heterocycles. The fraction of sp³-hybridized carbons (Fsp3) is 0.615. The van der Waals surface area contributed by atoms with Crippen molar-refractivity contribution in [2.24, 2.45) is 0 Å². The van der Waals surface area contributed by atoms with Crippen LogP contribution >= 0.6 is 0 Å². The van der Waals surface area contributed by atoms with Gasteiger partial charge in [0.25, 0.3) is 0 Å². The van der Waals surface area contributed by atoms with Crippen molar-refractivity contribution in [1.29, 1.82) is 5.26 Å². The average molecular weight is 260 g/mol. The number of rotatable bonds is 4. The van der Waals surface area contributed by atoms with Crippen molar-refractivity contribution in [1.82, 2.24) is 14.9 Å². The molecular formula is C13H20N6. The fourth-order valence-electron chi connectivity index (χ4n) is 2.32. The number of piperidine rings is 1. The van der Waals surface area contributed by atoms with Gasteiger partial charge >= 0.3 is 0 Å². The molecule has 19 heavy (non-hydrogen) atoms. The number of aromatic nitrogens is 2. The van der Waals surface area contributed by atoms with Gasteiger partial charge < -0.3 is 15.1 Å². The minimum absolute atomic E-state index is 0.322. The van der Waals surface area contributed by atoms with Crippen LogP contribution in [0.15, 0.2) is 12.4 Å². The molecule has 1 saturated heterocycles. The van der Waals surface area contributed by atoms with Crippen molar-refractivity contribution < 1.29 is 0 Å². The predicted octanol–water partition coefficient (Wildman–Crippen LogP) is 0.942. The Morgan fingerprint density at radius 2 is 2.42 bits per heavy atom. The van der Waals surface area contributed by atoms with Crippen molar-refractivity contribution in [2.45, 2.75) is 18.9 Å². The lowest BCUT2D eigenvalue weighted by molar-refractivity contribution is 0.261. The molecule has 2 heterocycles. The number of likely N-dealkylation sites (tertiary alicyclic amines) is 1. The fourth-order valence-corrected chi connectivity index (χ4v) is 2.32. The summed E-state index contributed by atoms with van der Waals surface area (Å²) in [6.07, 6.45) is 3.91. The topological polar surface area (TPSA) is 68.1 Å². The molecule has 0 aromatic carbocycles. The van der Waals surface area contributed by atoms with Crippen LogP contribution in [0, 0.1) is 11.3 Å². The summed E-state index contributed by atoms with van der Waals surface area (Å²) < 4.78 is 0. The highest BCUT2D eigenvalue weighted by molar-refractivity contribution is 5.48. The van der Waals surface area contributed by atoms with Crippen molar-refractivity contribution in [3.8, 4) is 6.07 Å². The summed E-state index contributed by atoms with van der Waals surface area (Å²) in [5.41, 5.74) is 0. The van der Waals surface area contributed by atoms with E-state index >= 15 is 0 Å². The molecule has 6 heteroatoms. The number of nitriles is 1. The molecule has 1 N–H and O–H groups in total. The van der Waals surface area contributed by atoms with Gasteiger partial charge in [0.1, 0.15) is 24.5 Å². The van der Waals surface area contributed by atoms with Gasteiger partial charge in [-0.3, -0.25) is 0 Å². The number of hydrogen-bond donors (Lipinski definition) is 1. The summed E-state index contributed by atoms with van der Waals surface area (Å²) in [6.45, 7) is 2.52. The lowest BCUT2D eigenvalue weighted by atomic mass is 10.1. The zero-order valence-corrected chi connectivity index (χ0v) is 11.5. The summed E-state index contributed by atoms with van der Waals surface area (Å²) >= 11 is 0. The van der Waals surface area contributed by atoms with Gasteiger partial charge in [0.2, 0.25) is 0 Å². The second-order valence-corrected chi connectivity index (χ2v) is 5.02. The first kappa shape index (κ1) is 13.6. The molecule has 1 aromatic rings. The van der Waals surface area contributed by atoms with Crippen molar-refractivity contribution in [3.63, 3.8) is 0 Å². The van der Waals surface area contributed by atoms with Crippen LogP contribution in [0.5, 0.6) is 0 Å². The Hall–Kier alpha value is -1.87. The third-order valence-corrected chi connectivity index (χ3v) is 3.33. The van der Waals surface area contributed by atoms with Crippen molar-refractivity contribution in [2.75, 3.05) is 43.9 Å². The number of anilines is 2. The molecule has 0 radical (unpaired) electrons.